The Morgan fingerprint density at radius 2 is 1.94 bits per heavy atom. The van der Waals surface area contributed by atoms with Crippen molar-refractivity contribution in [2.75, 3.05) is 22.6 Å². The minimum atomic E-state index is -0.213. The predicted molar refractivity (Wildman–Crippen MR) is 132 cm³/mol. The van der Waals surface area contributed by atoms with Crippen molar-refractivity contribution in [1.82, 2.24) is 20.0 Å². The van der Waals surface area contributed by atoms with Gasteiger partial charge in [0.2, 0.25) is 17.8 Å². The van der Waals surface area contributed by atoms with Crippen LogP contribution in [0.2, 0.25) is 0 Å². The summed E-state index contributed by atoms with van der Waals surface area (Å²) in [7, 11) is 0. The van der Waals surface area contributed by atoms with Gasteiger partial charge >= 0.3 is 0 Å². The topological polar surface area (TPSA) is 95.1 Å². The fourth-order valence-electron chi connectivity index (χ4n) is 3.38. The van der Waals surface area contributed by atoms with E-state index in [1.165, 1.54) is 34.5 Å². The SMILES string of the molecule is CCCNc1nc(NC2CCCC2)nc(NN2C(=O)/C(=C/c3ccc(C)s3)SC2=S)n1. The summed E-state index contributed by atoms with van der Waals surface area (Å²) in [6, 6.07) is 4.39. The van der Waals surface area contributed by atoms with Crippen LogP contribution < -0.4 is 16.1 Å². The van der Waals surface area contributed by atoms with Gasteiger partial charge in [-0.05, 0) is 56.6 Å². The van der Waals surface area contributed by atoms with Crippen LogP contribution in [0.5, 0.6) is 0 Å². The molecule has 0 radical (unpaired) electrons. The van der Waals surface area contributed by atoms with E-state index in [2.05, 4.69) is 37.9 Å². The highest BCUT2D eigenvalue weighted by Gasteiger charge is 2.33. The lowest BCUT2D eigenvalue weighted by Crippen LogP contribution is -2.35. The van der Waals surface area contributed by atoms with E-state index in [4.69, 9.17) is 12.2 Å². The third-order valence-corrected chi connectivity index (χ3v) is 7.15. The van der Waals surface area contributed by atoms with Crippen LogP contribution in [0.1, 0.15) is 48.8 Å². The van der Waals surface area contributed by atoms with Crippen molar-refractivity contribution >= 4 is 69.5 Å². The molecule has 3 heterocycles. The third kappa shape index (κ3) is 5.52. The molecular formula is C20H25N7OS3. The zero-order chi connectivity index (χ0) is 21.8. The van der Waals surface area contributed by atoms with Crippen molar-refractivity contribution < 1.29 is 4.79 Å². The second-order valence-electron chi connectivity index (χ2n) is 7.44. The molecular weight excluding hydrogens is 450 g/mol. The average Bonchev–Trinajstić information content (AvgIpc) is 3.45. The number of rotatable bonds is 8. The maximum absolute atomic E-state index is 12.9. The number of thiophene rings is 1. The Morgan fingerprint density at radius 3 is 2.65 bits per heavy atom. The molecule has 1 aliphatic heterocycles. The van der Waals surface area contributed by atoms with Crippen molar-refractivity contribution in [3.63, 3.8) is 0 Å². The van der Waals surface area contributed by atoms with Crippen molar-refractivity contribution in [3.8, 4) is 0 Å². The van der Waals surface area contributed by atoms with Crippen LogP contribution in [-0.2, 0) is 4.79 Å². The van der Waals surface area contributed by atoms with Gasteiger partial charge in [0.1, 0.15) is 0 Å². The number of aryl methyl sites for hydroxylation is 1. The summed E-state index contributed by atoms with van der Waals surface area (Å²) in [6.45, 7) is 4.86. The van der Waals surface area contributed by atoms with Gasteiger partial charge in [-0.1, -0.05) is 31.5 Å². The second kappa shape index (κ2) is 9.92. The summed E-state index contributed by atoms with van der Waals surface area (Å²) in [4.78, 5) is 29.1. The summed E-state index contributed by atoms with van der Waals surface area (Å²) in [5, 5.41) is 7.92. The number of hydrogen-bond acceptors (Lipinski definition) is 10. The summed E-state index contributed by atoms with van der Waals surface area (Å²) < 4.78 is 0.415. The van der Waals surface area contributed by atoms with E-state index >= 15 is 0 Å². The van der Waals surface area contributed by atoms with Gasteiger partial charge in [0.25, 0.3) is 5.91 Å². The highest BCUT2D eigenvalue weighted by Crippen LogP contribution is 2.33. The Morgan fingerprint density at radius 1 is 1.19 bits per heavy atom. The number of amides is 1. The summed E-state index contributed by atoms with van der Waals surface area (Å²) >= 11 is 8.33. The van der Waals surface area contributed by atoms with Gasteiger partial charge in [0.15, 0.2) is 4.32 Å². The summed E-state index contributed by atoms with van der Waals surface area (Å²) in [5.41, 5.74) is 2.99. The Bertz CT molecular complexity index is 1000. The largest absolute Gasteiger partial charge is 0.354 e. The molecule has 8 nitrogen and oxygen atoms in total. The van der Waals surface area contributed by atoms with Gasteiger partial charge in [-0.2, -0.15) is 20.0 Å². The van der Waals surface area contributed by atoms with Gasteiger partial charge in [0.05, 0.1) is 4.91 Å². The number of nitrogens with one attached hydrogen (secondary N) is 3. The number of thiocarbonyl (C=S) groups is 1. The van der Waals surface area contributed by atoms with E-state index in [1.54, 1.807) is 11.3 Å². The zero-order valence-corrected chi connectivity index (χ0v) is 19.9. The van der Waals surface area contributed by atoms with Crippen LogP contribution >= 0.6 is 35.3 Å². The number of nitrogens with zero attached hydrogens (tertiary/aromatic N) is 4. The van der Waals surface area contributed by atoms with Gasteiger partial charge in [-0.25, -0.2) is 0 Å². The van der Waals surface area contributed by atoms with Gasteiger partial charge in [-0.15, -0.1) is 11.3 Å². The van der Waals surface area contributed by atoms with Crippen molar-refractivity contribution in [2.24, 2.45) is 0 Å². The Kier molecular flexibility index (Phi) is 7.03. The molecule has 1 amide bonds. The first kappa shape index (κ1) is 22.0. The lowest BCUT2D eigenvalue weighted by molar-refractivity contribution is -0.121. The number of thioether (sulfide) groups is 1. The lowest BCUT2D eigenvalue weighted by atomic mass is 10.3. The molecule has 0 aromatic carbocycles. The number of carbonyl (C=O) groups excluding carboxylic acids is 1. The molecule has 164 valence electrons. The number of aromatic nitrogens is 3. The predicted octanol–water partition coefficient (Wildman–Crippen LogP) is 4.65. The molecule has 11 heteroatoms. The quantitative estimate of drug-likeness (QED) is 0.372. The Balaban J connectivity index is 1.53. The highest BCUT2D eigenvalue weighted by atomic mass is 32.2. The Labute approximate surface area is 195 Å². The molecule has 31 heavy (non-hydrogen) atoms. The standard InChI is InChI=1S/C20H25N7OS3/c1-3-10-21-17-23-18(22-13-6-4-5-7-13)25-19(24-17)26-27-16(28)15(31-20(27)29)11-14-9-8-12(2)30-14/h8-9,11,13H,3-7,10H2,1-2H3,(H3,21,22,23,24,25,26)/b15-11-. The fraction of sp³-hybridized carbons (Fsp3) is 0.450. The fourth-order valence-corrected chi connectivity index (χ4v) is 5.45. The first-order chi connectivity index (χ1) is 15.0. The van der Waals surface area contributed by atoms with E-state index < -0.39 is 0 Å². The summed E-state index contributed by atoms with van der Waals surface area (Å²) in [6.07, 6.45) is 7.44. The van der Waals surface area contributed by atoms with E-state index in [-0.39, 0.29) is 11.9 Å². The Hall–Kier alpha value is -2.24. The molecule has 3 N–H and O–H groups in total. The second-order valence-corrected chi connectivity index (χ2v) is 10.4. The van der Waals surface area contributed by atoms with Crippen LogP contribution in [0.15, 0.2) is 17.0 Å². The lowest BCUT2D eigenvalue weighted by Gasteiger charge is -2.18. The first-order valence-electron chi connectivity index (χ1n) is 10.4. The number of carbonyl (C=O) groups is 1. The highest BCUT2D eigenvalue weighted by molar-refractivity contribution is 8.26. The molecule has 1 saturated carbocycles. The molecule has 2 aromatic heterocycles. The summed E-state index contributed by atoms with van der Waals surface area (Å²) in [5.74, 6) is 1.03. The number of anilines is 3. The molecule has 0 unspecified atom stereocenters. The number of hydrogen-bond donors (Lipinski definition) is 3. The van der Waals surface area contributed by atoms with Crippen LogP contribution in [0.3, 0.4) is 0 Å². The van der Waals surface area contributed by atoms with Gasteiger partial charge in [0, 0.05) is 22.3 Å². The van der Waals surface area contributed by atoms with Crippen LogP contribution in [0.25, 0.3) is 6.08 Å². The minimum Gasteiger partial charge on any atom is -0.354 e. The average molecular weight is 476 g/mol. The monoisotopic (exact) mass is 475 g/mol. The minimum absolute atomic E-state index is 0.213. The molecule has 2 aliphatic rings. The normalized spacial score (nSPS) is 18.3. The zero-order valence-electron chi connectivity index (χ0n) is 17.5. The van der Waals surface area contributed by atoms with E-state index in [0.717, 1.165) is 30.7 Å². The van der Waals surface area contributed by atoms with Crippen molar-refractivity contribution in [2.45, 2.75) is 52.0 Å². The van der Waals surface area contributed by atoms with Crippen molar-refractivity contribution in [3.05, 3.63) is 26.8 Å². The third-order valence-electron chi connectivity index (χ3n) is 4.90. The van der Waals surface area contributed by atoms with E-state index in [1.807, 2.05) is 25.1 Å². The maximum atomic E-state index is 12.9. The molecule has 2 fully saturated rings. The van der Waals surface area contributed by atoms with Crippen LogP contribution in [0.4, 0.5) is 17.8 Å². The molecule has 1 aliphatic carbocycles. The smallest absolute Gasteiger partial charge is 0.285 e. The maximum Gasteiger partial charge on any atom is 0.285 e. The molecule has 2 aromatic rings. The first-order valence-corrected chi connectivity index (χ1v) is 12.4. The molecule has 0 spiro atoms. The van der Waals surface area contributed by atoms with Gasteiger partial charge < -0.3 is 10.6 Å². The molecule has 0 bridgehead atoms. The van der Waals surface area contributed by atoms with Crippen LogP contribution in [-0.4, -0.2) is 42.8 Å². The van der Waals surface area contributed by atoms with Gasteiger partial charge in [-0.3, -0.25) is 10.2 Å². The van der Waals surface area contributed by atoms with E-state index in [0.29, 0.717) is 27.2 Å². The molecule has 0 atom stereocenters. The van der Waals surface area contributed by atoms with Crippen LogP contribution in [0, 0.1) is 6.92 Å². The van der Waals surface area contributed by atoms with E-state index in [9.17, 15) is 4.79 Å². The number of hydrazine groups is 1. The molecule has 4 rings (SSSR count). The molecule has 1 saturated heterocycles. The van der Waals surface area contributed by atoms with Crippen molar-refractivity contribution in [1.29, 1.82) is 0 Å².